The minimum absolute atomic E-state index is 0.185. The number of aliphatic hydroxyl groups is 1. The summed E-state index contributed by atoms with van der Waals surface area (Å²) in [6.07, 6.45) is -0.720. The molecule has 0 spiro atoms. The number of hydrogen-bond donors (Lipinski definition) is 3. The van der Waals surface area contributed by atoms with Crippen LogP contribution in [0.3, 0.4) is 0 Å². The van der Waals surface area contributed by atoms with Crippen LogP contribution in [0.2, 0.25) is 0 Å². The molecule has 0 atom stereocenters. The molecule has 0 unspecified atom stereocenters. The summed E-state index contributed by atoms with van der Waals surface area (Å²) in [5, 5.41) is 12.5. The fourth-order valence-electron chi connectivity index (χ4n) is 2.23. The van der Waals surface area contributed by atoms with E-state index in [4.69, 9.17) is 17.0 Å². The Kier molecular flexibility index (Phi) is 7.03. The van der Waals surface area contributed by atoms with Gasteiger partial charge in [-0.1, -0.05) is 30.4 Å². The number of thiocarbonyl (C=S) groups is 1. The zero-order valence-electron chi connectivity index (χ0n) is 15.6. The van der Waals surface area contributed by atoms with Gasteiger partial charge in [0.15, 0.2) is 5.78 Å². The Morgan fingerprint density at radius 2 is 1.86 bits per heavy atom. The maximum Gasteiger partial charge on any atom is 0.411 e. The van der Waals surface area contributed by atoms with Gasteiger partial charge in [0.2, 0.25) is 0 Å². The third-order valence-corrected chi connectivity index (χ3v) is 4.45. The lowest BCUT2D eigenvalue weighted by molar-refractivity contribution is -0.117. The summed E-state index contributed by atoms with van der Waals surface area (Å²) < 4.78 is 7.72. The van der Waals surface area contributed by atoms with Crippen LogP contribution in [0.1, 0.15) is 20.8 Å². The fourth-order valence-corrected chi connectivity index (χ4v) is 3.11. The second-order valence-corrected chi connectivity index (χ2v) is 8.17. The number of amides is 3. The van der Waals surface area contributed by atoms with Crippen LogP contribution in [0, 0.1) is 0 Å². The summed E-state index contributed by atoms with van der Waals surface area (Å²) in [4.78, 5) is 38.1. The molecule has 0 radical (unpaired) electrons. The Morgan fingerprint density at radius 3 is 2.43 bits per heavy atom. The Hall–Kier alpha value is -2.59. The molecule has 1 heterocycles. The van der Waals surface area contributed by atoms with Crippen LogP contribution in [-0.2, 0) is 9.53 Å². The van der Waals surface area contributed by atoms with Crippen LogP contribution in [-0.4, -0.2) is 51.6 Å². The summed E-state index contributed by atoms with van der Waals surface area (Å²) in [5.41, 5.74) is -0.917. The highest BCUT2D eigenvalue weighted by Crippen LogP contribution is 2.18. The van der Waals surface area contributed by atoms with Crippen LogP contribution < -0.4 is 10.0 Å². The summed E-state index contributed by atoms with van der Waals surface area (Å²) in [6, 6.07) is 8.49. The third-order valence-electron chi connectivity index (χ3n) is 3.35. The molecule has 10 heteroatoms. The number of Topliss-reactive ketones (excluding diaryl/α,β-unsaturated/α-hetero) is 1. The van der Waals surface area contributed by atoms with Gasteiger partial charge in [-0.2, -0.15) is 0 Å². The van der Waals surface area contributed by atoms with Gasteiger partial charge in [-0.05, 0) is 44.9 Å². The molecule has 1 aromatic carbocycles. The number of carbonyl (C=O) groups excluding carboxylic acids is 3. The summed E-state index contributed by atoms with van der Waals surface area (Å²) >= 11 is 6.15. The first kappa shape index (κ1) is 21.7. The van der Waals surface area contributed by atoms with Gasteiger partial charge in [-0.15, -0.1) is 0 Å². The van der Waals surface area contributed by atoms with Crippen LogP contribution >= 0.6 is 24.2 Å². The van der Waals surface area contributed by atoms with Gasteiger partial charge >= 0.3 is 12.1 Å². The van der Waals surface area contributed by atoms with Crippen molar-refractivity contribution in [3.8, 4) is 0 Å². The lowest BCUT2D eigenvalue weighted by Gasteiger charge is -2.30. The lowest BCUT2D eigenvalue weighted by atomic mass is 10.1. The van der Waals surface area contributed by atoms with Gasteiger partial charge in [0, 0.05) is 4.90 Å². The summed E-state index contributed by atoms with van der Waals surface area (Å²) in [7, 11) is 0. The average molecular weight is 424 g/mol. The maximum atomic E-state index is 12.4. The van der Waals surface area contributed by atoms with Gasteiger partial charge in [0.25, 0.3) is 0 Å². The second-order valence-electron chi connectivity index (χ2n) is 6.88. The number of nitrogens with one attached hydrogen (secondary N) is 2. The SMILES string of the molecule is CC(C)(C)OC(=O)N1CC(=O)C(C(=S)NC(=O)NSc2ccccc2)=C(O)C1. The van der Waals surface area contributed by atoms with Crippen molar-refractivity contribution in [2.75, 3.05) is 13.1 Å². The standard InChI is InChI=1S/C18H21N3O5S2/c1-18(2,3)26-17(25)21-9-12(22)14(13(23)10-21)15(27)19-16(24)20-28-11-7-5-4-6-8-11/h4-8,22H,9-10H2,1-3H3,(H2,19,20,24,27). The molecule has 0 aromatic heterocycles. The van der Waals surface area contributed by atoms with Crippen molar-refractivity contribution >= 4 is 47.1 Å². The van der Waals surface area contributed by atoms with E-state index >= 15 is 0 Å². The van der Waals surface area contributed by atoms with Crippen molar-refractivity contribution in [3.63, 3.8) is 0 Å². The predicted molar refractivity (Wildman–Crippen MR) is 109 cm³/mol. The van der Waals surface area contributed by atoms with Crippen molar-refractivity contribution in [2.45, 2.75) is 31.3 Å². The Bertz CT molecular complexity index is 818. The molecule has 2 rings (SSSR count). The number of aliphatic hydroxyl groups excluding tert-OH is 1. The molecule has 150 valence electrons. The van der Waals surface area contributed by atoms with Crippen molar-refractivity contribution in [1.82, 2.24) is 14.9 Å². The topological polar surface area (TPSA) is 108 Å². The predicted octanol–water partition coefficient (Wildman–Crippen LogP) is 2.95. The van der Waals surface area contributed by atoms with Crippen molar-refractivity contribution < 1.29 is 24.2 Å². The molecule has 0 aliphatic carbocycles. The molecule has 3 amide bonds. The van der Waals surface area contributed by atoms with Gasteiger partial charge in [0.1, 0.15) is 16.3 Å². The zero-order chi connectivity index (χ0) is 20.9. The van der Waals surface area contributed by atoms with Crippen LogP contribution in [0.15, 0.2) is 46.6 Å². The van der Waals surface area contributed by atoms with Crippen LogP contribution in [0.4, 0.5) is 9.59 Å². The molecule has 1 aliphatic rings. The van der Waals surface area contributed by atoms with Gasteiger partial charge in [-0.3, -0.25) is 19.7 Å². The first-order chi connectivity index (χ1) is 13.1. The van der Waals surface area contributed by atoms with Gasteiger partial charge in [-0.25, -0.2) is 9.59 Å². The van der Waals surface area contributed by atoms with E-state index in [1.54, 1.807) is 20.8 Å². The van der Waals surface area contributed by atoms with Crippen LogP contribution in [0.25, 0.3) is 0 Å². The van der Waals surface area contributed by atoms with E-state index in [0.29, 0.717) is 0 Å². The Morgan fingerprint density at radius 1 is 1.21 bits per heavy atom. The van der Waals surface area contributed by atoms with Crippen LogP contribution in [0.5, 0.6) is 0 Å². The number of nitrogens with zero attached hydrogens (tertiary/aromatic N) is 1. The molecule has 0 bridgehead atoms. The molecule has 0 saturated carbocycles. The van der Waals surface area contributed by atoms with Gasteiger partial charge in [0.05, 0.1) is 18.7 Å². The largest absolute Gasteiger partial charge is 0.510 e. The minimum Gasteiger partial charge on any atom is -0.510 e. The van der Waals surface area contributed by atoms with E-state index in [1.165, 1.54) is 0 Å². The van der Waals surface area contributed by atoms with E-state index < -0.39 is 29.3 Å². The quantitative estimate of drug-likeness (QED) is 0.507. The second kappa shape index (κ2) is 9.07. The van der Waals surface area contributed by atoms with E-state index in [-0.39, 0.29) is 23.7 Å². The van der Waals surface area contributed by atoms with E-state index in [9.17, 15) is 19.5 Å². The maximum absolute atomic E-state index is 12.4. The molecule has 0 fully saturated rings. The lowest BCUT2D eigenvalue weighted by Crippen LogP contribution is -2.47. The number of urea groups is 1. The van der Waals surface area contributed by atoms with E-state index in [1.807, 2.05) is 30.3 Å². The molecule has 28 heavy (non-hydrogen) atoms. The summed E-state index contributed by atoms with van der Waals surface area (Å²) in [6.45, 7) is 4.55. The monoisotopic (exact) mass is 423 g/mol. The number of ketones is 1. The normalized spacial score (nSPS) is 14.5. The molecular weight excluding hydrogens is 402 g/mol. The first-order valence-corrected chi connectivity index (χ1v) is 9.56. The van der Waals surface area contributed by atoms with Crippen molar-refractivity contribution in [1.29, 1.82) is 0 Å². The Labute approximate surface area is 172 Å². The van der Waals surface area contributed by atoms with E-state index in [2.05, 4.69) is 10.0 Å². The van der Waals surface area contributed by atoms with Gasteiger partial charge < -0.3 is 9.84 Å². The number of ether oxygens (including phenoxy) is 1. The third kappa shape index (κ3) is 6.24. The molecule has 0 saturated heterocycles. The molecular formula is C18H21N3O5S2. The number of benzene rings is 1. The Balaban J connectivity index is 1.96. The molecule has 1 aromatic rings. The highest BCUT2D eigenvalue weighted by molar-refractivity contribution is 7.98. The molecule has 8 nitrogen and oxygen atoms in total. The zero-order valence-corrected chi connectivity index (χ0v) is 17.3. The minimum atomic E-state index is -0.731. The van der Waals surface area contributed by atoms with Crippen molar-refractivity contribution in [3.05, 3.63) is 41.7 Å². The average Bonchev–Trinajstić information content (AvgIpc) is 2.58. The molecule has 1 aliphatic heterocycles. The van der Waals surface area contributed by atoms with Crippen molar-refractivity contribution in [2.24, 2.45) is 0 Å². The highest BCUT2D eigenvalue weighted by Gasteiger charge is 2.33. The first-order valence-electron chi connectivity index (χ1n) is 8.33. The smallest absolute Gasteiger partial charge is 0.411 e. The summed E-state index contributed by atoms with van der Waals surface area (Å²) in [5.74, 6) is -0.987. The van der Waals surface area contributed by atoms with E-state index in [0.717, 1.165) is 21.7 Å². The number of hydrogen-bond acceptors (Lipinski definition) is 7. The molecule has 3 N–H and O–H groups in total. The fraction of sp³-hybridized carbons (Fsp3) is 0.333. The number of rotatable bonds is 3. The highest BCUT2D eigenvalue weighted by atomic mass is 32.2. The number of carbonyl (C=O) groups is 3.